The maximum atomic E-state index is 12.4. The zero-order valence-corrected chi connectivity index (χ0v) is 13.8. The van der Waals surface area contributed by atoms with Gasteiger partial charge < -0.3 is 4.90 Å². The van der Waals surface area contributed by atoms with Crippen LogP contribution in [-0.4, -0.2) is 50.9 Å². The highest BCUT2D eigenvalue weighted by Gasteiger charge is 2.37. The van der Waals surface area contributed by atoms with E-state index in [4.69, 9.17) is 0 Å². The molecule has 0 unspecified atom stereocenters. The molecule has 1 aliphatic heterocycles. The third kappa shape index (κ3) is 2.80. The van der Waals surface area contributed by atoms with Crippen molar-refractivity contribution in [2.24, 2.45) is 7.05 Å². The van der Waals surface area contributed by atoms with Crippen LogP contribution in [0.3, 0.4) is 0 Å². The topological polar surface area (TPSA) is 75.5 Å². The lowest BCUT2D eigenvalue weighted by Gasteiger charge is -2.20. The first kappa shape index (κ1) is 15.9. The van der Waals surface area contributed by atoms with Gasteiger partial charge in [-0.05, 0) is 19.1 Å². The fraction of sp³-hybridized carbons (Fsp3) is 0.294. The van der Waals surface area contributed by atoms with Crippen molar-refractivity contribution in [3.05, 3.63) is 52.8 Å². The molecule has 1 aliphatic rings. The molecule has 7 heteroatoms. The molecular formula is C17H18N4O3. The standard InChI is InChI=1S/C17H18N4O3/c1-11-4-5-13-14(6-11)17(24)21(16(13)23)10-15(22)19(2)8-12-7-18-20(3)9-12/h4-7,9H,8,10H2,1-3H3. The number of aromatic nitrogens is 2. The number of amides is 3. The van der Waals surface area contributed by atoms with Gasteiger partial charge in [-0.25, -0.2) is 0 Å². The number of benzene rings is 1. The number of hydrogen-bond donors (Lipinski definition) is 0. The van der Waals surface area contributed by atoms with Gasteiger partial charge in [0.05, 0.1) is 17.3 Å². The fourth-order valence-corrected chi connectivity index (χ4v) is 2.72. The van der Waals surface area contributed by atoms with Crippen molar-refractivity contribution < 1.29 is 14.4 Å². The Bertz CT molecular complexity index is 840. The summed E-state index contributed by atoms with van der Waals surface area (Å²) in [5.74, 6) is -1.13. The molecule has 7 nitrogen and oxygen atoms in total. The zero-order chi connectivity index (χ0) is 17.4. The highest BCUT2D eigenvalue weighted by Crippen LogP contribution is 2.23. The quantitative estimate of drug-likeness (QED) is 0.785. The third-order valence-corrected chi connectivity index (χ3v) is 4.02. The Kier molecular flexibility index (Phi) is 3.92. The molecule has 1 aromatic carbocycles. The SMILES string of the molecule is Cc1ccc2c(c1)C(=O)N(CC(=O)N(C)Cc1cnn(C)c1)C2=O. The number of fused-ring (bicyclic) bond motifs is 1. The summed E-state index contributed by atoms with van der Waals surface area (Å²) in [6.45, 7) is 1.96. The van der Waals surface area contributed by atoms with Gasteiger partial charge in [0.2, 0.25) is 5.91 Å². The van der Waals surface area contributed by atoms with Crippen molar-refractivity contribution in [1.82, 2.24) is 19.6 Å². The van der Waals surface area contributed by atoms with Gasteiger partial charge in [-0.2, -0.15) is 5.10 Å². The minimum atomic E-state index is -0.418. The van der Waals surface area contributed by atoms with E-state index in [1.54, 1.807) is 43.2 Å². The molecule has 2 heterocycles. The van der Waals surface area contributed by atoms with E-state index in [1.165, 1.54) is 4.90 Å². The minimum absolute atomic E-state index is 0.262. The summed E-state index contributed by atoms with van der Waals surface area (Å²) in [5.41, 5.74) is 2.50. The van der Waals surface area contributed by atoms with Crippen molar-refractivity contribution in [2.75, 3.05) is 13.6 Å². The molecule has 24 heavy (non-hydrogen) atoms. The first-order valence-corrected chi connectivity index (χ1v) is 7.55. The fourth-order valence-electron chi connectivity index (χ4n) is 2.72. The van der Waals surface area contributed by atoms with Crippen LogP contribution in [0.2, 0.25) is 0 Å². The normalized spacial score (nSPS) is 13.4. The first-order chi connectivity index (χ1) is 11.4. The van der Waals surface area contributed by atoms with E-state index < -0.39 is 11.8 Å². The lowest BCUT2D eigenvalue weighted by molar-refractivity contribution is -0.130. The lowest BCUT2D eigenvalue weighted by Crippen LogP contribution is -2.40. The Morgan fingerprint density at radius 3 is 2.58 bits per heavy atom. The summed E-state index contributed by atoms with van der Waals surface area (Å²) < 4.78 is 1.65. The van der Waals surface area contributed by atoms with Crippen LogP contribution in [0.15, 0.2) is 30.6 Å². The zero-order valence-electron chi connectivity index (χ0n) is 13.8. The highest BCUT2D eigenvalue weighted by atomic mass is 16.2. The van der Waals surface area contributed by atoms with Crippen LogP contribution in [0.25, 0.3) is 0 Å². The summed E-state index contributed by atoms with van der Waals surface area (Å²) in [6.07, 6.45) is 3.49. The number of likely N-dealkylation sites (N-methyl/N-ethyl adjacent to an activating group) is 1. The van der Waals surface area contributed by atoms with Crippen LogP contribution in [0.4, 0.5) is 0 Å². The molecule has 0 bridgehead atoms. The van der Waals surface area contributed by atoms with E-state index in [-0.39, 0.29) is 12.5 Å². The van der Waals surface area contributed by atoms with Gasteiger partial charge in [0.25, 0.3) is 11.8 Å². The van der Waals surface area contributed by atoms with Gasteiger partial charge in [0, 0.05) is 32.4 Å². The third-order valence-electron chi connectivity index (χ3n) is 4.02. The van der Waals surface area contributed by atoms with Gasteiger partial charge in [-0.1, -0.05) is 11.6 Å². The molecule has 0 fully saturated rings. The minimum Gasteiger partial charge on any atom is -0.340 e. The van der Waals surface area contributed by atoms with Crippen molar-refractivity contribution in [3.8, 4) is 0 Å². The Labute approximate surface area is 139 Å². The molecule has 3 rings (SSSR count). The summed E-state index contributed by atoms with van der Waals surface area (Å²) in [7, 11) is 3.43. The monoisotopic (exact) mass is 326 g/mol. The smallest absolute Gasteiger partial charge is 0.262 e. The van der Waals surface area contributed by atoms with Gasteiger partial charge in [0.15, 0.2) is 0 Å². The molecule has 0 radical (unpaired) electrons. The molecule has 0 N–H and O–H groups in total. The Hall–Kier alpha value is -2.96. The number of carbonyl (C=O) groups is 3. The maximum absolute atomic E-state index is 12.4. The largest absolute Gasteiger partial charge is 0.340 e. The van der Waals surface area contributed by atoms with Gasteiger partial charge in [-0.3, -0.25) is 24.0 Å². The maximum Gasteiger partial charge on any atom is 0.262 e. The Morgan fingerprint density at radius 1 is 1.21 bits per heavy atom. The van der Waals surface area contributed by atoms with Crippen molar-refractivity contribution in [3.63, 3.8) is 0 Å². The molecule has 124 valence electrons. The predicted octanol–water partition coefficient (Wildman–Crippen LogP) is 0.983. The predicted molar refractivity (Wildman–Crippen MR) is 86.2 cm³/mol. The van der Waals surface area contributed by atoms with Gasteiger partial charge in [0.1, 0.15) is 6.54 Å². The van der Waals surface area contributed by atoms with E-state index in [2.05, 4.69) is 5.10 Å². The number of aryl methyl sites for hydroxylation is 2. The number of carbonyl (C=O) groups excluding carboxylic acids is 3. The average Bonchev–Trinajstić information content (AvgIpc) is 3.04. The van der Waals surface area contributed by atoms with E-state index in [0.717, 1.165) is 16.0 Å². The summed E-state index contributed by atoms with van der Waals surface area (Å²) in [5, 5.41) is 4.05. The second kappa shape index (κ2) is 5.92. The Morgan fingerprint density at radius 2 is 1.92 bits per heavy atom. The van der Waals surface area contributed by atoms with Gasteiger partial charge in [-0.15, -0.1) is 0 Å². The molecular weight excluding hydrogens is 308 g/mol. The van der Waals surface area contributed by atoms with Crippen molar-refractivity contribution >= 4 is 17.7 Å². The van der Waals surface area contributed by atoms with Gasteiger partial charge >= 0.3 is 0 Å². The summed E-state index contributed by atoms with van der Waals surface area (Å²) in [4.78, 5) is 39.6. The molecule has 0 atom stereocenters. The molecule has 0 saturated heterocycles. The van der Waals surface area contributed by atoms with E-state index >= 15 is 0 Å². The second-order valence-electron chi connectivity index (χ2n) is 6.02. The van der Waals surface area contributed by atoms with Crippen LogP contribution >= 0.6 is 0 Å². The molecule has 3 amide bonds. The first-order valence-electron chi connectivity index (χ1n) is 7.55. The molecule has 1 aromatic heterocycles. The molecule has 0 saturated carbocycles. The highest BCUT2D eigenvalue weighted by molar-refractivity contribution is 6.22. The van der Waals surface area contributed by atoms with Crippen molar-refractivity contribution in [1.29, 1.82) is 0 Å². The molecule has 0 aliphatic carbocycles. The number of nitrogens with zero attached hydrogens (tertiary/aromatic N) is 4. The van der Waals surface area contributed by atoms with E-state index in [1.807, 2.05) is 13.1 Å². The van der Waals surface area contributed by atoms with E-state index in [0.29, 0.717) is 17.7 Å². The van der Waals surface area contributed by atoms with Crippen LogP contribution in [0.5, 0.6) is 0 Å². The number of hydrogen-bond acceptors (Lipinski definition) is 4. The Balaban J connectivity index is 1.71. The average molecular weight is 326 g/mol. The molecule has 0 spiro atoms. The lowest BCUT2D eigenvalue weighted by atomic mass is 10.1. The van der Waals surface area contributed by atoms with Crippen LogP contribution in [-0.2, 0) is 18.4 Å². The number of imide groups is 1. The second-order valence-corrected chi connectivity index (χ2v) is 6.02. The van der Waals surface area contributed by atoms with Crippen LogP contribution < -0.4 is 0 Å². The summed E-state index contributed by atoms with van der Waals surface area (Å²) in [6, 6.07) is 5.10. The summed E-state index contributed by atoms with van der Waals surface area (Å²) >= 11 is 0. The van der Waals surface area contributed by atoms with Crippen molar-refractivity contribution in [2.45, 2.75) is 13.5 Å². The van der Waals surface area contributed by atoms with Crippen LogP contribution in [0.1, 0.15) is 31.8 Å². The van der Waals surface area contributed by atoms with E-state index in [9.17, 15) is 14.4 Å². The molecule has 2 aromatic rings. The number of rotatable bonds is 4. The van der Waals surface area contributed by atoms with Crippen LogP contribution in [0, 0.1) is 6.92 Å².